The molecule has 1 aromatic rings. The highest BCUT2D eigenvalue weighted by Crippen LogP contribution is 2.36. The molecule has 17 heavy (non-hydrogen) atoms. The average molecular weight is 283 g/mol. The van der Waals surface area contributed by atoms with E-state index in [1.54, 1.807) is 6.92 Å². The van der Waals surface area contributed by atoms with Crippen LogP contribution in [0.25, 0.3) is 0 Å². The van der Waals surface area contributed by atoms with Crippen LogP contribution in [0.3, 0.4) is 0 Å². The molecule has 7 heteroatoms. The van der Waals surface area contributed by atoms with E-state index < -0.39 is 11.7 Å². The fourth-order valence-corrected chi connectivity index (χ4v) is 1.61. The summed E-state index contributed by atoms with van der Waals surface area (Å²) in [5, 5.41) is 5.36. The zero-order valence-electron chi connectivity index (χ0n) is 8.86. The van der Waals surface area contributed by atoms with Crippen molar-refractivity contribution in [3.63, 3.8) is 0 Å². The van der Waals surface area contributed by atoms with Gasteiger partial charge < -0.3 is 10.6 Å². The van der Waals surface area contributed by atoms with Gasteiger partial charge in [-0.15, -0.1) is 0 Å². The number of thiocarbonyl (C=S) groups is 1. The van der Waals surface area contributed by atoms with Gasteiger partial charge in [-0.3, -0.25) is 0 Å². The van der Waals surface area contributed by atoms with E-state index in [9.17, 15) is 13.2 Å². The maximum atomic E-state index is 12.7. The Morgan fingerprint density at radius 3 is 2.59 bits per heavy atom. The van der Waals surface area contributed by atoms with E-state index in [0.29, 0.717) is 6.54 Å². The van der Waals surface area contributed by atoms with Gasteiger partial charge in [-0.2, -0.15) is 13.2 Å². The quantitative estimate of drug-likeness (QED) is 0.810. The number of alkyl halides is 3. The third kappa shape index (κ3) is 4.05. The third-order valence-electron chi connectivity index (χ3n) is 1.87. The first kappa shape index (κ1) is 14.1. The Morgan fingerprint density at radius 2 is 2.06 bits per heavy atom. The summed E-state index contributed by atoms with van der Waals surface area (Å²) in [4.78, 5) is 0. The molecular formula is C10H10ClF3N2S. The molecule has 0 heterocycles. The smallest absolute Gasteiger partial charge is 0.363 e. The molecule has 0 unspecified atom stereocenters. The molecule has 0 aliphatic heterocycles. The molecule has 0 atom stereocenters. The molecule has 0 radical (unpaired) electrons. The normalized spacial score (nSPS) is 11.1. The molecule has 0 bridgehead atoms. The van der Waals surface area contributed by atoms with E-state index in [4.69, 9.17) is 23.8 Å². The number of hydrogen-bond donors (Lipinski definition) is 2. The fraction of sp³-hybridized carbons (Fsp3) is 0.300. The number of anilines is 1. The molecule has 0 fully saturated rings. The van der Waals surface area contributed by atoms with E-state index in [2.05, 4.69) is 10.6 Å². The van der Waals surface area contributed by atoms with Crippen LogP contribution in [0.15, 0.2) is 18.2 Å². The van der Waals surface area contributed by atoms with Gasteiger partial charge in [0.1, 0.15) is 0 Å². The SMILES string of the molecule is CCNC(=S)Nc1ccc(Cl)cc1C(F)(F)F. The molecule has 94 valence electrons. The minimum atomic E-state index is -4.48. The summed E-state index contributed by atoms with van der Waals surface area (Å²) in [6, 6.07) is 3.47. The molecule has 1 aromatic carbocycles. The lowest BCUT2D eigenvalue weighted by molar-refractivity contribution is -0.136. The number of rotatable bonds is 2. The molecule has 0 aliphatic rings. The first-order valence-electron chi connectivity index (χ1n) is 4.76. The maximum absolute atomic E-state index is 12.7. The van der Waals surface area contributed by atoms with Gasteiger partial charge >= 0.3 is 6.18 Å². The van der Waals surface area contributed by atoms with Crippen molar-refractivity contribution in [2.75, 3.05) is 11.9 Å². The van der Waals surface area contributed by atoms with Crippen molar-refractivity contribution in [2.24, 2.45) is 0 Å². The highest BCUT2D eigenvalue weighted by molar-refractivity contribution is 7.80. The first-order valence-corrected chi connectivity index (χ1v) is 5.54. The van der Waals surface area contributed by atoms with Crippen LogP contribution in [0.4, 0.5) is 18.9 Å². The Kier molecular flexibility index (Phi) is 4.59. The van der Waals surface area contributed by atoms with Crippen LogP contribution < -0.4 is 10.6 Å². The Morgan fingerprint density at radius 1 is 1.41 bits per heavy atom. The van der Waals surface area contributed by atoms with Gasteiger partial charge in [0.25, 0.3) is 0 Å². The molecule has 0 spiro atoms. The van der Waals surface area contributed by atoms with Crippen molar-refractivity contribution in [3.05, 3.63) is 28.8 Å². The van der Waals surface area contributed by atoms with Crippen molar-refractivity contribution in [3.8, 4) is 0 Å². The minimum absolute atomic E-state index is 0.0252. The largest absolute Gasteiger partial charge is 0.418 e. The van der Waals surface area contributed by atoms with Gasteiger partial charge in [0.15, 0.2) is 5.11 Å². The molecule has 0 saturated heterocycles. The highest BCUT2D eigenvalue weighted by Gasteiger charge is 2.33. The lowest BCUT2D eigenvalue weighted by atomic mass is 10.1. The second-order valence-electron chi connectivity index (χ2n) is 3.17. The molecule has 0 saturated carbocycles. The predicted octanol–water partition coefficient (Wildman–Crippen LogP) is 3.67. The van der Waals surface area contributed by atoms with Crippen molar-refractivity contribution in [1.82, 2.24) is 5.32 Å². The Bertz CT molecular complexity index is 421. The Balaban J connectivity index is 3.03. The summed E-state index contributed by atoms with van der Waals surface area (Å²) in [5.74, 6) is 0. The van der Waals surface area contributed by atoms with Gasteiger partial charge in [0, 0.05) is 11.6 Å². The van der Waals surface area contributed by atoms with E-state index >= 15 is 0 Å². The van der Waals surface area contributed by atoms with E-state index in [0.717, 1.165) is 6.07 Å². The molecule has 0 aliphatic carbocycles. The van der Waals surface area contributed by atoms with Crippen LogP contribution in [0.5, 0.6) is 0 Å². The fourth-order valence-electron chi connectivity index (χ4n) is 1.19. The predicted molar refractivity (Wildman–Crippen MR) is 66.4 cm³/mol. The number of nitrogens with one attached hydrogen (secondary N) is 2. The van der Waals surface area contributed by atoms with Crippen LogP contribution >= 0.6 is 23.8 Å². The van der Waals surface area contributed by atoms with Gasteiger partial charge in [0.2, 0.25) is 0 Å². The van der Waals surface area contributed by atoms with Crippen molar-refractivity contribution >= 4 is 34.6 Å². The molecular weight excluding hydrogens is 273 g/mol. The Labute approximate surface area is 107 Å². The standard InChI is InChI=1S/C10H10ClF3N2S/c1-2-15-9(17)16-8-4-3-6(11)5-7(8)10(12,13)14/h3-5H,2H2,1H3,(H2,15,16,17). The minimum Gasteiger partial charge on any atom is -0.363 e. The molecule has 2 nitrogen and oxygen atoms in total. The monoisotopic (exact) mass is 282 g/mol. The molecule has 2 N–H and O–H groups in total. The van der Waals surface area contributed by atoms with Crippen LogP contribution in [0.1, 0.15) is 12.5 Å². The summed E-state index contributed by atoms with van der Waals surface area (Å²) >= 11 is 10.4. The topological polar surface area (TPSA) is 24.1 Å². The lowest BCUT2D eigenvalue weighted by Gasteiger charge is -2.15. The van der Waals surface area contributed by atoms with E-state index in [1.165, 1.54) is 12.1 Å². The molecule has 1 rings (SSSR count). The van der Waals surface area contributed by atoms with Crippen LogP contribution in [0, 0.1) is 0 Å². The number of hydrogen-bond acceptors (Lipinski definition) is 1. The van der Waals surface area contributed by atoms with E-state index in [-0.39, 0.29) is 15.8 Å². The van der Waals surface area contributed by atoms with Gasteiger partial charge in [-0.05, 0) is 37.3 Å². The van der Waals surface area contributed by atoms with Gasteiger partial charge in [0.05, 0.1) is 11.3 Å². The highest BCUT2D eigenvalue weighted by atomic mass is 35.5. The zero-order valence-corrected chi connectivity index (χ0v) is 10.4. The van der Waals surface area contributed by atoms with Crippen molar-refractivity contribution < 1.29 is 13.2 Å². The zero-order chi connectivity index (χ0) is 13.1. The summed E-state index contributed by atoms with van der Waals surface area (Å²) in [7, 11) is 0. The van der Waals surface area contributed by atoms with Crippen LogP contribution in [-0.2, 0) is 6.18 Å². The number of benzene rings is 1. The van der Waals surface area contributed by atoms with Crippen LogP contribution in [0.2, 0.25) is 5.02 Å². The van der Waals surface area contributed by atoms with Gasteiger partial charge in [-0.1, -0.05) is 11.6 Å². The Hall–Kier alpha value is -1.01. The average Bonchev–Trinajstić information content (AvgIpc) is 2.19. The first-order chi connectivity index (χ1) is 7.84. The summed E-state index contributed by atoms with van der Waals surface area (Å²) in [6.07, 6.45) is -4.48. The number of halogens is 4. The third-order valence-corrected chi connectivity index (χ3v) is 2.35. The maximum Gasteiger partial charge on any atom is 0.418 e. The van der Waals surface area contributed by atoms with E-state index in [1.807, 2.05) is 0 Å². The van der Waals surface area contributed by atoms with Crippen LogP contribution in [-0.4, -0.2) is 11.7 Å². The second kappa shape index (κ2) is 5.55. The molecule has 0 amide bonds. The summed E-state index contributed by atoms with van der Waals surface area (Å²) in [6.45, 7) is 2.32. The summed E-state index contributed by atoms with van der Waals surface area (Å²) in [5.41, 5.74) is -0.960. The van der Waals surface area contributed by atoms with Crippen molar-refractivity contribution in [2.45, 2.75) is 13.1 Å². The lowest BCUT2D eigenvalue weighted by Crippen LogP contribution is -2.29. The second-order valence-corrected chi connectivity index (χ2v) is 4.02. The molecule has 0 aromatic heterocycles. The summed E-state index contributed by atoms with van der Waals surface area (Å²) < 4.78 is 38.1. The van der Waals surface area contributed by atoms with Gasteiger partial charge in [-0.25, -0.2) is 0 Å². The van der Waals surface area contributed by atoms with Crippen molar-refractivity contribution in [1.29, 1.82) is 0 Å².